The zero-order valence-corrected chi connectivity index (χ0v) is 19.1. The van der Waals surface area contributed by atoms with E-state index in [0.29, 0.717) is 24.4 Å². The monoisotopic (exact) mass is 440 g/mol. The van der Waals surface area contributed by atoms with Crippen molar-refractivity contribution in [2.24, 2.45) is 22.7 Å². The average molecular weight is 441 g/mol. The van der Waals surface area contributed by atoms with E-state index in [9.17, 15) is 14.7 Å². The number of carbonyl (C=O) groups is 1. The Bertz CT molecular complexity index is 1090. The maximum absolute atomic E-state index is 11.6. The first-order valence-corrected chi connectivity index (χ1v) is 11.3. The van der Waals surface area contributed by atoms with E-state index >= 15 is 0 Å². The Hall–Kier alpha value is -2.60. The van der Waals surface area contributed by atoms with Crippen molar-refractivity contribution in [2.45, 2.75) is 52.6 Å². The van der Waals surface area contributed by atoms with E-state index in [4.69, 9.17) is 13.9 Å². The molecule has 0 saturated heterocycles. The number of esters is 1. The first kappa shape index (κ1) is 22.6. The summed E-state index contributed by atoms with van der Waals surface area (Å²) in [7, 11) is 0. The van der Waals surface area contributed by atoms with Gasteiger partial charge in [0, 0.05) is 35.8 Å². The Kier molecular flexibility index (Phi) is 5.93. The number of hydrogen-bond acceptors (Lipinski definition) is 6. The van der Waals surface area contributed by atoms with Crippen molar-refractivity contribution in [3.8, 4) is 5.75 Å². The van der Waals surface area contributed by atoms with Crippen LogP contribution in [0.15, 0.2) is 51.7 Å². The fourth-order valence-electron chi connectivity index (χ4n) is 6.06. The largest absolute Gasteiger partial charge is 0.493 e. The highest BCUT2D eigenvalue weighted by Crippen LogP contribution is 2.61. The van der Waals surface area contributed by atoms with Gasteiger partial charge in [0.1, 0.15) is 11.3 Å². The van der Waals surface area contributed by atoms with Crippen molar-refractivity contribution in [3.63, 3.8) is 0 Å². The van der Waals surface area contributed by atoms with Crippen molar-refractivity contribution in [2.75, 3.05) is 13.2 Å². The SMILES string of the molecule is C=C1CC[C@@H]2[C@](C)(COC(C)=O)[C@H](O)CC[C@@]2(C)[C@@H]1COc1ccc2ccc(=O)oc2c1. The van der Waals surface area contributed by atoms with Gasteiger partial charge in [0.05, 0.1) is 19.3 Å². The lowest BCUT2D eigenvalue weighted by atomic mass is 9.46. The maximum Gasteiger partial charge on any atom is 0.336 e. The number of aliphatic hydroxyl groups is 1. The second-order valence-corrected chi connectivity index (χ2v) is 9.91. The number of carbonyl (C=O) groups excluding carboxylic acids is 1. The Balaban J connectivity index is 1.57. The molecule has 6 heteroatoms. The molecule has 1 heterocycles. The van der Waals surface area contributed by atoms with Crippen LogP contribution in [0.2, 0.25) is 0 Å². The summed E-state index contributed by atoms with van der Waals surface area (Å²) in [5.74, 6) is 0.591. The molecule has 4 rings (SSSR count). The van der Waals surface area contributed by atoms with Crippen LogP contribution in [0.3, 0.4) is 0 Å². The van der Waals surface area contributed by atoms with Gasteiger partial charge in [-0.3, -0.25) is 4.79 Å². The summed E-state index contributed by atoms with van der Waals surface area (Å²) in [6, 6.07) is 8.64. The molecule has 0 radical (unpaired) electrons. The van der Waals surface area contributed by atoms with Crippen LogP contribution in [-0.4, -0.2) is 30.4 Å². The molecule has 6 nitrogen and oxygen atoms in total. The van der Waals surface area contributed by atoms with Gasteiger partial charge in [0.2, 0.25) is 0 Å². The minimum Gasteiger partial charge on any atom is -0.493 e. The number of hydrogen-bond donors (Lipinski definition) is 1. The Morgan fingerprint density at radius 3 is 2.75 bits per heavy atom. The van der Waals surface area contributed by atoms with E-state index < -0.39 is 17.1 Å². The summed E-state index contributed by atoms with van der Waals surface area (Å²) >= 11 is 0. The Labute approximate surface area is 188 Å². The third-order valence-electron chi connectivity index (χ3n) is 7.95. The van der Waals surface area contributed by atoms with Gasteiger partial charge in [0.25, 0.3) is 0 Å². The minimum absolute atomic E-state index is 0.101. The second kappa shape index (κ2) is 8.39. The second-order valence-electron chi connectivity index (χ2n) is 9.91. The lowest BCUT2D eigenvalue weighted by molar-refractivity contribution is -0.174. The van der Waals surface area contributed by atoms with Gasteiger partial charge in [-0.1, -0.05) is 26.0 Å². The molecule has 2 saturated carbocycles. The van der Waals surface area contributed by atoms with Gasteiger partial charge in [0.15, 0.2) is 0 Å². The molecule has 172 valence electrons. The zero-order valence-electron chi connectivity index (χ0n) is 19.1. The van der Waals surface area contributed by atoms with Crippen LogP contribution < -0.4 is 10.4 Å². The third-order valence-corrected chi connectivity index (χ3v) is 7.95. The molecule has 1 N–H and O–H groups in total. The van der Waals surface area contributed by atoms with Gasteiger partial charge in [-0.25, -0.2) is 4.79 Å². The summed E-state index contributed by atoms with van der Waals surface area (Å²) in [5, 5.41) is 11.7. The van der Waals surface area contributed by atoms with Crippen molar-refractivity contribution in [3.05, 3.63) is 52.9 Å². The van der Waals surface area contributed by atoms with Gasteiger partial charge in [-0.15, -0.1) is 0 Å². The number of rotatable bonds is 5. The first-order valence-electron chi connectivity index (χ1n) is 11.3. The molecule has 1 aromatic heterocycles. The highest BCUT2D eigenvalue weighted by atomic mass is 16.5. The average Bonchev–Trinajstić information content (AvgIpc) is 2.74. The molecule has 2 fully saturated rings. The summed E-state index contributed by atoms with van der Waals surface area (Å²) in [6.07, 6.45) is 2.74. The van der Waals surface area contributed by atoms with Crippen LogP contribution in [0.4, 0.5) is 0 Å². The van der Waals surface area contributed by atoms with Crippen LogP contribution >= 0.6 is 0 Å². The van der Waals surface area contributed by atoms with E-state index in [1.54, 1.807) is 12.1 Å². The van der Waals surface area contributed by atoms with E-state index in [2.05, 4.69) is 13.5 Å². The van der Waals surface area contributed by atoms with Gasteiger partial charge in [-0.2, -0.15) is 0 Å². The van der Waals surface area contributed by atoms with Crippen LogP contribution in [0, 0.1) is 22.7 Å². The molecule has 2 aliphatic rings. The Morgan fingerprint density at radius 2 is 2.00 bits per heavy atom. The summed E-state index contributed by atoms with van der Waals surface area (Å²) in [5.41, 5.74) is 0.619. The molecule has 0 bridgehead atoms. The highest BCUT2D eigenvalue weighted by molar-refractivity contribution is 5.77. The summed E-state index contributed by atoms with van der Waals surface area (Å²) < 4.78 is 16.9. The topological polar surface area (TPSA) is 86.0 Å². The van der Waals surface area contributed by atoms with E-state index in [1.807, 2.05) is 19.1 Å². The van der Waals surface area contributed by atoms with Gasteiger partial charge >= 0.3 is 11.6 Å². The van der Waals surface area contributed by atoms with E-state index in [0.717, 1.165) is 30.2 Å². The molecule has 2 aromatic rings. The molecule has 2 aliphatic carbocycles. The fraction of sp³-hybridized carbons (Fsp3) is 0.538. The number of benzene rings is 1. The van der Waals surface area contributed by atoms with Crippen LogP contribution in [0.5, 0.6) is 5.75 Å². The van der Waals surface area contributed by atoms with Gasteiger partial charge in [-0.05, 0) is 55.2 Å². The molecule has 0 unspecified atom stereocenters. The molecule has 0 spiro atoms. The summed E-state index contributed by atoms with van der Waals surface area (Å²) in [6.45, 7) is 10.7. The lowest BCUT2D eigenvalue weighted by Gasteiger charge is -2.59. The zero-order chi connectivity index (χ0) is 23.1. The van der Waals surface area contributed by atoms with Crippen LogP contribution in [-0.2, 0) is 9.53 Å². The molecule has 32 heavy (non-hydrogen) atoms. The minimum atomic E-state index is -0.517. The van der Waals surface area contributed by atoms with Gasteiger partial charge < -0.3 is 19.0 Å². The summed E-state index contributed by atoms with van der Waals surface area (Å²) in [4.78, 5) is 23.1. The predicted octanol–water partition coefficient (Wildman–Crippen LogP) is 4.48. The number of fused-ring (bicyclic) bond motifs is 2. The van der Waals surface area contributed by atoms with E-state index in [1.165, 1.54) is 13.0 Å². The smallest absolute Gasteiger partial charge is 0.336 e. The third kappa shape index (κ3) is 3.96. The molecular weight excluding hydrogens is 408 g/mol. The fourth-order valence-corrected chi connectivity index (χ4v) is 6.06. The molecule has 1 aromatic carbocycles. The van der Waals surface area contributed by atoms with Crippen molar-refractivity contribution in [1.29, 1.82) is 0 Å². The molecule has 0 aliphatic heterocycles. The molecular formula is C26H32O6. The molecule has 5 atom stereocenters. The highest BCUT2D eigenvalue weighted by Gasteiger charge is 2.58. The van der Waals surface area contributed by atoms with Crippen LogP contribution in [0.25, 0.3) is 11.0 Å². The van der Waals surface area contributed by atoms with Crippen molar-refractivity contribution < 1.29 is 23.8 Å². The van der Waals surface area contributed by atoms with Crippen molar-refractivity contribution >= 4 is 16.9 Å². The van der Waals surface area contributed by atoms with Crippen molar-refractivity contribution in [1.82, 2.24) is 0 Å². The van der Waals surface area contributed by atoms with E-state index in [-0.39, 0.29) is 29.8 Å². The number of ether oxygens (including phenoxy) is 2. The number of aliphatic hydroxyl groups excluding tert-OH is 1. The lowest BCUT2D eigenvalue weighted by Crippen LogP contribution is -2.58. The molecule has 0 amide bonds. The standard InChI is InChI=1S/C26H32O6/c1-16-5-9-22-25(3,12-11-23(28)26(22,4)15-31-17(2)27)20(16)14-30-19-8-6-18-7-10-24(29)32-21(18)13-19/h6-8,10,13,20,22-23,28H,1,5,9,11-12,14-15H2,2-4H3/t20-,22+,23-,25+,26+/m1/s1. The normalized spacial score (nSPS) is 32.4. The maximum atomic E-state index is 11.6. The first-order chi connectivity index (χ1) is 15.1. The Morgan fingerprint density at radius 1 is 1.25 bits per heavy atom. The van der Waals surface area contributed by atoms with Crippen LogP contribution in [0.1, 0.15) is 46.5 Å². The predicted molar refractivity (Wildman–Crippen MR) is 121 cm³/mol. The quantitative estimate of drug-likeness (QED) is 0.419.